The molecule has 3 rings (SSSR count). The number of rotatable bonds is 9. The van der Waals surface area contributed by atoms with Crippen LogP contribution in [0.3, 0.4) is 0 Å². The Kier molecular flexibility index (Phi) is 8.58. The quantitative estimate of drug-likeness (QED) is 0.474. The van der Waals surface area contributed by atoms with Crippen molar-refractivity contribution in [3.05, 3.63) is 102 Å². The van der Waals surface area contributed by atoms with E-state index in [4.69, 9.17) is 4.74 Å². The lowest BCUT2D eigenvalue weighted by Gasteiger charge is -2.33. The zero-order valence-corrected chi connectivity index (χ0v) is 20.1. The largest absolute Gasteiger partial charge is 0.484 e. The molecule has 0 radical (unpaired) electrons. The number of nitrogens with zero attached hydrogens (tertiary/aromatic N) is 1. The summed E-state index contributed by atoms with van der Waals surface area (Å²) < 4.78 is 33.3. The smallest absolute Gasteiger partial charge is 0.261 e. The van der Waals surface area contributed by atoms with Gasteiger partial charge in [-0.3, -0.25) is 9.59 Å². The average molecular weight is 481 g/mol. The molecule has 2 amide bonds. The highest BCUT2D eigenvalue weighted by Gasteiger charge is 2.32. The van der Waals surface area contributed by atoms with Crippen molar-refractivity contribution in [1.29, 1.82) is 0 Å². The van der Waals surface area contributed by atoms with Crippen LogP contribution in [0.4, 0.5) is 8.78 Å². The summed E-state index contributed by atoms with van der Waals surface area (Å²) in [5.41, 5.74) is 0.597. The standard InChI is InChI=1S/C28H30F2N2O3/c1-28(2,3)31-27(34)25(17-20-9-5-4-6-10-20)32(18-21-11-7-8-12-24(21)30)26(33)19-35-23-15-13-22(29)14-16-23/h4-16,25H,17-19H2,1-3H3,(H,31,34)/t25-/m1/s1. The van der Waals surface area contributed by atoms with Crippen molar-refractivity contribution in [3.63, 3.8) is 0 Å². The van der Waals surface area contributed by atoms with Gasteiger partial charge in [0.15, 0.2) is 6.61 Å². The highest BCUT2D eigenvalue weighted by Crippen LogP contribution is 2.19. The van der Waals surface area contributed by atoms with Gasteiger partial charge in [-0.1, -0.05) is 48.5 Å². The summed E-state index contributed by atoms with van der Waals surface area (Å²) in [6.07, 6.45) is 0.236. The monoisotopic (exact) mass is 480 g/mol. The predicted molar refractivity (Wildman–Crippen MR) is 131 cm³/mol. The summed E-state index contributed by atoms with van der Waals surface area (Å²) >= 11 is 0. The minimum absolute atomic E-state index is 0.118. The third-order valence-electron chi connectivity index (χ3n) is 5.24. The van der Waals surface area contributed by atoms with Crippen LogP contribution in [0.1, 0.15) is 31.9 Å². The van der Waals surface area contributed by atoms with Crippen LogP contribution < -0.4 is 10.1 Å². The molecule has 0 aromatic heterocycles. The van der Waals surface area contributed by atoms with Crippen LogP contribution >= 0.6 is 0 Å². The molecule has 0 saturated carbocycles. The van der Waals surface area contributed by atoms with Crippen LogP contribution in [0.2, 0.25) is 0 Å². The molecule has 0 aliphatic rings. The van der Waals surface area contributed by atoms with Gasteiger partial charge in [0.2, 0.25) is 5.91 Å². The summed E-state index contributed by atoms with van der Waals surface area (Å²) in [4.78, 5) is 28.2. The number of hydrogen-bond acceptors (Lipinski definition) is 3. The zero-order chi connectivity index (χ0) is 25.4. The lowest BCUT2D eigenvalue weighted by Crippen LogP contribution is -2.55. The van der Waals surface area contributed by atoms with Gasteiger partial charge in [-0.15, -0.1) is 0 Å². The summed E-state index contributed by atoms with van der Waals surface area (Å²) in [6, 6.07) is 19.8. The number of ether oxygens (including phenoxy) is 1. The third-order valence-corrected chi connectivity index (χ3v) is 5.24. The number of nitrogens with one attached hydrogen (secondary N) is 1. The molecule has 0 fully saturated rings. The molecule has 0 saturated heterocycles. The van der Waals surface area contributed by atoms with Gasteiger partial charge in [0.25, 0.3) is 5.91 Å². The summed E-state index contributed by atoms with van der Waals surface area (Å²) in [5, 5.41) is 2.95. The molecule has 0 aliphatic heterocycles. The lowest BCUT2D eigenvalue weighted by molar-refractivity contribution is -0.143. The normalized spacial score (nSPS) is 12.0. The first-order chi connectivity index (χ1) is 16.6. The Balaban J connectivity index is 1.93. The van der Waals surface area contributed by atoms with Crippen molar-refractivity contribution in [2.24, 2.45) is 0 Å². The second-order valence-electron chi connectivity index (χ2n) is 9.30. The van der Waals surface area contributed by atoms with E-state index in [1.165, 1.54) is 35.2 Å². The van der Waals surface area contributed by atoms with Gasteiger partial charge in [-0.2, -0.15) is 0 Å². The Morgan fingerprint density at radius 2 is 1.54 bits per heavy atom. The Labute approximate surface area is 204 Å². The SMILES string of the molecule is CC(C)(C)NC(=O)[C@@H](Cc1ccccc1)N(Cc1ccccc1F)C(=O)COc1ccc(F)cc1. The van der Waals surface area contributed by atoms with Crippen molar-refractivity contribution in [1.82, 2.24) is 10.2 Å². The maximum atomic E-state index is 14.6. The van der Waals surface area contributed by atoms with E-state index in [1.54, 1.807) is 18.2 Å². The number of halogens is 2. The molecule has 35 heavy (non-hydrogen) atoms. The van der Waals surface area contributed by atoms with Crippen molar-refractivity contribution >= 4 is 11.8 Å². The summed E-state index contributed by atoms with van der Waals surface area (Å²) in [5.74, 6) is -1.44. The molecule has 3 aromatic rings. The number of hydrogen-bond donors (Lipinski definition) is 1. The van der Waals surface area contributed by atoms with E-state index in [2.05, 4.69) is 5.32 Å². The number of amides is 2. The van der Waals surface area contributed by atoms with E-state index in [0.717, 1.165) is 5.56 Å². The van der Waals surface area contributed by atoms with Crippen LogP contribution in [0, 0.1) is 11.6 Å². The number of benzene rings is 3. The topological polar surface area (TPSA) is 58.6 Å². The third kappa shape index (κ3) is 7.91. The molecular formula is C28H30F2N2O3. The second kappa shape index (κ2) is 11.6. The van der Waals surface area contributed by atoms with Crippen molar-refractivity contribution < 1.29 is 23.1 Å². The van der Waals surface area contributed by atoms with Gasteiger partial charge >= 0.3 is 0 Å². The van der Waals surface area contributed by atoms with E-state index >= 15 is 0 Å². The molecule has 0 bridgehead atoms. The first-order valence-corrected chi connectivity index (χ1v) is 11.4. The molecule has 0 unspecified atom stereocenters. The molecule has 5 nitrogen and oxygen atoms in total. The maximum absolute atomic E-state index is 14.6. The Morgan fingerprint density at radius 3 is 2.17 bits per heavy atom. The van der Waals surface area contributed by atoms with Gasteiger partial charge in [-0.05, 0) is 56.7 Å². The van der Waals surface area contributed by atoms with E-state index in [0.29, 0.717) is 5.75 Å². The summed E-state index contributed by atoms with van der Waals surface area (Å²) in [7, 11) is 0. The van der Waals surface area contributed by atoms with Gasteiger partial charge < -0.3 is 15.0 Å². The molecule has 184 valence electrons. The van der Waals surface area contributed by atoms with Crippen LogP contribution in [-0.4, -0.2) is 34.9 Å². The number of carbonyl (C=O) groups is 2. The summed E-state index contributed by atoms with van der Waals surface area (Å²) in [6.45, 7) is 5.04. The van der Waals surface area contributed by atoms with Gasteiger partial charge in [0.05, 0.1) is 0 Å². The Morgan fingerprint density at radius 1 is 0.914 bits per heavy atom. The number of carbonyl (C=O) groups excluding carboxylic acids is 2. The predicted octanol–water partition coefficient (Wildman–Crippen LogP) is 4.90. The second-order valence-corrected chi connectivity index (χ2v) is 9.30. The molecule has 0 spiro atoms. The fraction of sp³-hybridized carbons (Fsp3) is 0.286. The molecule has 0 heterocycles. The van der Waals surface area contributed by atoms with Crippen LogP contribution in [0.5, 0.6) is 5.75 Å². The molecule has 7 heteroatoms. The highest BCUT2D eigenvalue weighted by atomic mass is 19.1. The molecule has 0 aliphatic carbocycles. The van der Waals surface area contributed by atoms with Crippen molar-refractivity contribution in [2.45, 2.75) is 45.3 Å². The molecule has 1 atom stereocenters. The van der Waals surface area contributed by atoms with Gasteiger partial charge in [0, 0.05) is 24.1 Å². The Bertz CT molecular complexity index is 1130. The minimum atomic E-state index is -0.916. The van der Waals surface area contributed by atoms with Gasteiger partial charge in [-0.25, -0.2) is 8.78 Å². The van der Waals surface area contributed by atoms with E-state index in [-0.39, 0.29) is 24.4 Å². The van der Waals surface area contributed by atoms with Crippen molar-refractivity contribution in [3.8, 4) is 5.75 Å². The Hall–Kier alpha value is -3.74. The first-order valence-electron chi connectivity index (χ1n) is 11.4. The van der Waals surface area contributed by atoms with Crippen molar-refractivity contribution in [2.75, 3.05) is 6.61 Å². The maximum Gasteiger partial charge on any atom is 0.261 e. The van der Waals surface area contributed by atoms with Crippen LogP contribution in [0.15, 0.2) is 78.9 Å². The van der Waals surface area contributed by atoms with E-state index < -0.39 is 35.7 Å². The van der Waals surface area contributed by atoms with E-state index in [1.807, 2.05) is 51.1 Å². The average Bonchev–Trinajstić information content (AvgIpc) is 2.81. The van der Waals surface area contributed by atoms with Gasteiger partial charge in [0.1, 0.15) is 23.4 Å². The minimum Gasteiger partial charge on any atom is -0.484 e. The zero-order valence-electron chi connectivity index (χ0n) is 20.1. The fourth-order valence-corrected chi connectivity index (χ4v) is 3.58. The van der Waals surface area contributed by atoms with Crippen LogP contribution in [0.25, 0.3) is 0 Å². The highest BCUT2D eigenvalue weighted by molar-refractivity contribution is 5.89. The van der Waals surface area contributed by atoms with E-state index in [9.17, 15) is 18.4 Å². The molecule has 1 N–H and O–H groups in total. The van der Waals surface area contributed by atoms with Crippen LogP contribution in [-0.2, 0) is 22.6 Å². The fourth-order valence-electron chi connectivity index (χ4n) is 3.58. The lowest BCUT2D eigenvalue weighted by atomic mass is 10.0. The molecule has 3 aromatic carbocycles. The first kappa shape index (κ1) is 25.9. The molecular weight excluding hydrogens is 450 g/mol.